The minimum Gasteiger partial charge on any atom is -0.383 e. The summed E-state index contributed by atoms with van der Waals surface area (Å²) in [5, 5.41) is 0. The van der Waals surface area contributed by atoms with Crippen LogP contribution >= 0.6 is 0 Å². The highest BCUT2D eigenvalue weighted by atomic mass is 19.1. The number of ether oxygens (including phenoxy) is 1. The number of rotatable bonds is 4. The Bertz CT molecular complexity index is 466. The van der Waals surface area contributed by atoms with Crippen LogP contribution < -0.4 is 0 Å². The van der Waals surface area contributed by atoms with Crippen molar-refractivity contribution in [1.29, 1.82) is 0 Å². The highest BCUT2D eigenvalue weighted by Gasteiger charge is 2.53. The fraction of sp³-hybridized carbons (Fsp3) is 0.875. The third kappa shape index (κ3) is 2.51. The molecule has 22 heavy (non-hydrogen) atoms. The highest BCUT2D eigenvalue weighted by molar-refractivity contribution is 5.89. The van der Waals surface area contributed by atoms with Gasteiger partial charge in [-0.05, 0) is 38.5 Å². The first-order valence-electron chi connectivity index (χ1n) is 8.27. The van der Waals surface area contributed by atoms with Gasteiger partial charge in [0.2, 0.25) is 5.91 Å². The van der Waals surface area contributed by atoms with E-state index in [1.807, 2.05) is 4.90 Å². The van der Waals surface area contributed by atoms with Gasteiger partial charge in [-0.25, -0.2) is 4.39 Å². The molecular weight excluding hydrogens is 287 g/mol. The molecule has 124 valence electrons. The molecule has 3 fully saturated rings. The molecule has 1 saturated carbocycles. The minimum atomic E-state index is -1.66. The Morgan fingerprint density at radius 3 is 2.64 bits per heavy atom. The van der Waals surface area contributed by atoms with E-state index >= 15 is 0 Å². The molecule has 0 aromatic rings. The van der Waals surface area contributed by atoms with E-state index in [-0.39, 0.29) is 11.8 Å². The molecule has 0 N–H and O–H groups in total. The number of carbonyl (C=O) groups is 2. The predicted octanol–water partition coefficient (Wildman–Crippen LogP) is 1.37. The summed E-state index contributed by atoms with van der Waals surface area (Å²) in [4.78, 5) is 28.6. The van der Waals surface area contributed by atoms with Crippen LogP contribution in [0.25, 0.3) is 0 Å². The molecule has 0 aromatic heterocycles. The number of nitrogens with zero attached hydrogens (tertiary/aromatic N) is 2. The molecule has 1 spiro atoms. The van der Waals surface area contributed by atoms with Crippen LogP contribution in [0.2, 0.25) is 0 Å². The Labute approximate surface area is 130 Å². The summed E-state index contributed by atoms with van der Waals surface area (Å²) < 4.78 is 19.4. The molecule has 2 saturated heterocycles. The lowest BCUT2D eigenvalue weighted by Gasteiger charge is -2.43. The normalized spacial score (nSPS) is 30.7. The van der Waals surface area contributed by atoms with Crippen molar-refractivity contribution in [2.45, 2.75) is 44.2 Å². The molecule has 6 heteroatoms. The van der Waals surface area contributed by atoms with E-state index in [4.69, 9.17) is 4.74 Å². The standard InChI is InChI=1S/C16H25FN2O3/c1-22-11-10-18-9-7-15(13(18)20)4-3-8-19(12-15)14(21)16(17)5-2-6-16/h2-12H2,1H3. The monoisotopic (exact) mass is 312 g/mol. The largest absolute Gasteiger partial charge is 0.383 e. The Morgan fingerprint density at radius 1 is 1.23 bits per heavy atom. The number of halogens is 1. The highest BCUT2D eigenvalue weighted by Crippen LogP contribution is 2.43. The van der Waals surface area contributed by atoms with Crippen molar-refractivity contribution in [2.75, 3.05) is 39.9 Å². The van der Waals surface area contributed by atoms with Gasteiger partial charge in [0.05, 0.1) is 12.0 Å². The molecule has 0 radical (unpaired) electrons. The van der Waals surface area contributed by atoms with Crippen LogP contribution in [0.15, 0.2) is 0 Å². The van der Waals surface area contributed by atoms with Gasteiger partial charge in [0.25, 0.3) is 5.91 Å². The van der Waals surface area contributed by atoms with Crippen molar-refractivity contribution >= 4 is 11.8 Å². The first-order chi connectivity index (χ1) is 10.5. The van der Waals surface area contributed by atoms with Crippen molar-refractivity contribution in [3.63, 3.8) is 0 Å². The molecule has 0 aromatic carbocycles. The number of hydrogen-bond acceptors (Lipinski definition) is 3. The number of hydrogen-bond donors (Lipinski definition) is 0. The zero-order chi connectivity index (χ0) is 15.8. The second kappa shape index (κ2) is 5.80. The summed E-state index contributed by atoms with van der Waals surface area (Å²) in [6, 6.07) is 0. The van der Waals surface area contributed by atoms with Gasteiger partial charge in [-0.2, -0.15) is 0 Å². The van der Waals surface area contributed by atoms with Crippen LogP contribution in [0.4, 0.5) is 4.39 Å². The zero-order valence-electron chi connectivity index (χ0n) is 13.3. The Kier molecular flexibility index (Phi) is 4.14. The van der Waals surface area contributed by atoms with Crippen LogP contribution in [0.5, 0.6) is 0 Å². The van der Waals surface area contributed by atoms with Crippen molar-refractivity contribution in [1.82, 2.24) is 9.80 Å². The first kappa shape index (κ1) is 15.7. The molecule has 3 aliphatic rings. The van der Waals surface area contributed by atoms with Crippen molar-refractivity contribution in [3.05, 3.63) is 0 Å². The van der Waals surface area contributed by atoms with E-state index in [9.17, 15) is 14.0 Å². The quantitative estimate of drug-likeness (QED) is 0.788. The second-order valence-electron chi connectivity index (χ2n) is 6.96. The van der Waals surface area contributed by atoms with E-state index in [1.165, 1.54) is 0 Å². The summed E-state index contributed by atoms with van der Waals surface area (Å²) in [5.41, 5.74) is -2.14. The predicted molar refractivity (Wildman–Crippen MR) is 79.0 cm³/mol. The topological polar surface area (TPSA) is 49.9 Å². The molecule has 1 unspecified atom stereocenters. The molecule has 3 rings (SSSR count). The van der Waals surface area contributed by atoms with Gasteiger partial charge in [0.15, 0.2) is 5.67 Å². The lowest BCUT2D eigenvalue weighted by molar-refractivity contribution is -0.156. The van der Waals surface area contributed by atoms with Crippen LogP contribution in [-0.4, -0.2) is 67.2 Å². The number of alkyl halides is 1. The molecule has 2 amide bonds. The van der Waals surface area contributed by atoms with Gasteiger partial charge in [-0.3, -0.25) is 9.59 Å². The number of carbonyl (C=O) groups excluding carboxylic acids is 2. The maximum Gasteiger partial charge on any atom is 0.260 e. The maximum absolute atomic E-state index is 14.4. The Morgan fingerprint density at radius 2 is 2.00 bits per heavy atom. The molecule has 5 nitrogen and oxygen atoms in total. The first-order valence-corrected chi connectivity index (χ1v) is 8.27. The molecule has 2 aliphatic heterocycles. The van der Waals surface area contributed by atoms with Gasteiger partial charge < -0.3 is 14.5 Å². The van der Waals surface area contributed by atoms with Crippen molar-refractivity contribution < 1.29 is 18.7 Å². The number of methoxy groups -OCH3 is 1. The number of piperidine rings is 1. The van der Waals surface area contributed by atoms with E-state index in [1.54, 1.807) is 12.0 Å². The van der Waals surface area contributed by atoms with Gasteiger partial charge in [-0.1, -0.05) is 0 Å². The van der Waals surface area contributed by atoms with E-state index < -0.39 is 11.1 Å². The second-order valence-corrected chi connectivity index (χ2v) is 6.96. The van der Waals surface area contributed by atoms with Gasteiger partial charge in [0, 0.05) is 33.3 Å². The molecular formula is C16H25FN2O3. The van der Waals surface area contributed by atoms with Gasteiger partial charge >= 0.3 is 0 Å². The Hall–Kier alpha value is -1.17. The molecule has 0 bridgehead atoms. The molecule has 1 atom stereocenters. The van der Waals surface area contributed by atoms with Crippen LogP contribution in [0.3, 0.4) is 0 Å². The minimum absolute atomic E-state index is 0.114. The lowest BCUT2D eigenvalue weighted by Crippen LogP contribution is -2.56. The fourth-order valence-electron chi connectivity index (χ4n) is 3.98. The summed E-state index contributed by atoms with van der Waals surface area (Å²) >= 11 is 0. The summed E-state index contributed by atoms with van der Waals surface area (Å²) in [7, 11) is 1.62. The molecule has 2 heterocycles. The van der Waals surface area contributed by atoms with Crippen molar-refractivity contribution in [2.24, 2.45) is 5.41 Å². The van der Waals surface area contributed by atoms with Crippen LogP contribution in [0.1, 0.15) is 38.5 Å². The lowest BCUT2D eigenvalue weighted by atomic mass is 9.76. The average molecular weight is 312 g/mol. The SMILES string of the molecule is COCCN1CCC2(CCCN(C(=O)C3(F)CCC3)C2)C1=O. The number of amides is 2. The smallest absolute Gasteiger partial charge is 0.260 e. The van der Waals surface area contributed by atoms with Crippen LogP contribution in [-0.2, 0) is 14.3 Å². The maximum atomic E-state index is 14.4. The van der Waals surface area contributed by atoms with E-state index in [0.29, 0.717) is 45.6 Å². The third-order valence-corrected chi connectivity index (χ3v) is 5.56. The summed E-state index contributed by atoms with van der Waals surface area (Å²) in [5.74, 6) is -0.274. The van der Waals surface area contributed by atoms with E-state index in [2.05, 4.69) is 0 Å². The van der Waals surface area contributed by atoms with Gasteiger partial charge in [-0.15, -0.1) is 0 Å². The Balaban J connectivity index is 1.67. The average Bonchev–Trinajstić information content (AvgIpc) is 2.79. The van der Waals surface area contributed by atoms with Gasteiger partial charge in [0.1, 0.15) is 0 Å². The molecule has 1 aliphatic carbocycles. The van der Waals surface area contributed by atoms with Crippen molar-refractivity contribution in [3.8, 4) is 0 Å². The zero-order valence-corrected chi connectivity index (χ0v) is 13.3. The third-order valence-electron chi connectivity index (χ3n) is 5.56. The van der Waals surface area contributed by atoms with Crippen LogP contribution in [0, 0.1) is 5.41 Å². The summed E-state index contributed by atoms with van der Waals surface area (Å²) in [6.45, 7) is 2.80. The van der Waals surface area contributed by atoms with E-state index in [0.717, 1.165) is 25.7 Å². The number of likely N-dealkylation sites (tertiary alicyclic amines) is 2. The summed E-state index contributed by atoms with van der Waals surface area (Å²) in [6.07, 6.45) is 3.81. The fourth-order valence-corrected chi connectivity index (χ4v) is 3.98.